The lowest BCUT2D eigenvalue weighted by atomic mass is 9.50. The van der Waals surface area contributed by atoms with Gasteiger partial charge in [0, 0.05) is 0 Å². The van der Waals surface area contributed by atoms with E-state index < -0.39 is 23.5 Å². The molecule has 0 N–H and O–H groups in total. The predicted octanol–water partition coefficient (Wildman–Crippen LogP) is 7.57. The van der Waals surface area contributed by atoms with E-state index in [1.165, 1.54) is 17.5 Å². The van der Waals surface area contributed by atoms with Gasteiger partial charge in [0.1, 0.15) is 11.5 Å². The van der Waals surface area contributed by atoms with E-state index in [1.807, 2.05) is 60.7 Å². The second-order valence-electron chi connectivity index (χ2n) is 12.5. The average Bonchev–Trinajstić information content (AvgIpc) is 2.99. The number of hydrogen-bond donors (Lipinski definition) is 0. The minimum Gasteiger partial charge on any atom is -0.456 e. The van der Waals surface area contributed by atoms with Gasteiger partial charge in [-0.05, 0) is 97.8 Å². The summed E-state index contributed by atoms with van der Waals surface area (Å²) in [7, 11) is 0. The van der Waals surface area contributed by atoms with Crippen LogP contribution in [0.1, 0.15) is 67.2 Å². The van der Waals surface area contributed by atoms with Crippen molar-refractivity contribution in [1.29, 1.82) is 0 Å². The molecule has 212 valence electrons. The topological polar surface area (TPSA) is 52.6 Å². The SMILES string of the molecule is CC1(OC(=O)COC(=O)C(/C=C/c2ccccc2)c2ccc(CCc3ccccc3)cc2)C2CC3CC(C2)CC1C3. The molecule has 0 saturated heterocycles. The molecule has 4 bridgehead atoms. The Labute approximate surface area is 243 Å². The fourth-order valence-electron chi connectivity index (χ4n) is 7.70. The molecule has 4 aliphatic rings. The zero-order valence-electron chi connectivity index (χ0n) is 23.9. The van der Waals surface area contributed by atoms with Crippen molar-refractivity contribution in [1.82, 2.24) is 0 Å². The number of carbonyl (C=O) groups excluding carboxylic acids is 2. The number of ether oxygens (including phenoxy) is 2. The van der Waals surface area contributed by atoms with E-state index >= 15 is 0 Å². The first-order valence-electron chi connectivity index (χ1n) is 15.2. The molecule has 0 spiro atoms. The maximum Gasteiger partial charge on any atom is 0.344 e. The van der Waals surface area contributed by atoms with Gasteiger partial charge < -0.3 is 9.47 Å². The summed E-state index contributed by atoms with van der Waals surface area (Å²) in [4.78, 5) is 26.4. The summed E-state index contributed by atoms with van der Waals surface area (Å²) in [6.07, 6.45) is 11.7. The molecule has 0 amide bonds. The van der Waals surface area contributed by atoms with Gasteiger partial charge in [-0.3, -0.25) is 4.79 Å². The highest BCUT2D eigenvalue weighted by Crippen LogP contribution is 2.59. The summed E-state index contributed by atoms with van der Waals surface area (Å²) in [5.41, 5.74) is 3.92. The van der Waals surface area contributed by atoms with Crippen molar-refractivity contribution in [2.24, 2.45) is 23.7 Å². The van der Waals surface area contributed by atoms with Crippen LogP contribution < -0.4 is 0 Å². The first kappa shape index (κ1) is 27.5. The highest BCUT2D eigenvalue weighted by molar-refractivity contribution is 5.84. The Morgan fingerprint density at radius 3 is 1.95 bits per heavy atom. The Balaban J connectivity index is 1.11. The molecule has 1 atom stereocenters. The van der Waals surface area contributed by atoms with Crippen molar-refractivity contribution < 1.29 is 19.1 Å². The Morgan fingerprint density at radius 2 is 1.34 bits per heavy atom. The molecule has 0 aliphatic heterocycles. The second kappa shape index (κ2) is 12.1. The van der Waals surface area contributed by atoms with Crippen LogP contribution in [0.4, 0.5) is 0 Å². The van der Waals surface area contributed by atoms with E-state index in [9.17, 15) is 9.59 Å². The fraction of sp³-hybridized carbons (Fsp3) is 0.405. The van der Waals surface area contributed by atoms with Crippen LogP contribution in [0.5, 0.6) is 0 Å². The van der Waals surface area contributed by atoms with Crippen LogP contribution >= 0.6 is 0 Å². The normalized spacial score (nSPS) is 27.0. The third-order valence-electron chi connectivity index (χ3n) is 9.84. The maximum absolute atomic E-state index is 13.4. The average molecular weight is 549 g/mol. The van der Waals surface area contributed by atoms with Crippen molar-refractivity contribution in [2.75, 3.05) is 6.61 Å². The van der Waals surface area contributed by atoms with E-state index in [2.05, 4.69) is 43.3 Å². The number of esters is 2. The molecular weight excluding hydrogens is 508 g/mol. The summed E-state index contributed by atoms with van der Waals surface area (Å²) < 4.78 is 11.7. The molecule has 7 rings (SSSR count). The lowest BCUT2D eigenvalue weighted by Gasteiger charge is -2.59. The van der Waals surface area contributed by atoms with Crippen molar-refractivity contribution in [3.63, 3.8) is 0 Å². The summed E-state index contributed by atoms with van der Waals surface area (Å²) in [5, 5.41) is 0. The number of carbonyl (C=O) groups is 2. The lowest BCUT2D eigenvalue weighted by molar-refractivity contribution is -0.207. The maximum atomic E-state index is 13.4. The summed E-state index contributed by atoms with van der Waals surface area (Å²) in [5.74, 6) is 0.952. The number of rotatable bonds is 10. The smallest absolute Gasteiger partial charge is 0.344 e. The predicted molar refractivity (Wildman–Crippen MR) is 161 cm³/mol. The Hall–Kier alpha value is -3.66. The molecule has 4 saturated carbocycles. The van der Waals surface area contributed by atoms with Crippen molar-refractivity contribution in [3.05, 3.63) is 113 Å². The fourth-order valence-corrected chi connectivity index (χ4v) is 7.70. The minimum absolute atomic E-state index is 0.356. The lowest BCUT2D eigenvalue weighted by Crippen LogP contribution is -2.58. The molecule has 0 radical (unpaired) electrons. The number of aryl methyl sites for hydroxylation is 2. The van der Waals surface area contributed by atoms with E-state index in [0.29, 0.717) is 11.8 Å². The Morgan fingerprint density at radius 1 is 0.780 bits per heavy atom. The molecule has 3 aromatic carbocycles. The second-order valence-corrected chi connectivity index (χ2v) is 12.5. The quantitative estimate of drug-likeness (QED) is 0.245. The third kappa shape index (κ3) is 6.32. The van der Waals surface area contributed by atoms with Gasteiger partial charge in [-0.25, -0.2) is 4.79 Å². The van der Waals surface area contributed by atoms with Gasteiger partial charge in [-0.1, -0.05) is 97.1 Å². The largest absolute Gasteiger partial charge is 0.456 e. The Kier molecular flexibility index (Phi) is 8.09. The summed E-state index contributed by atoms with van der Waals surface area (Å²) >= 11 is 0. The molecule has 41 heavy (non-hydrogen) atoms. The molecule has 0 aromatic heterocycles. The highest BCUT2D eigenvalue weighted by Gasteiger charge is 2.57. The standard InChI is InChI=1S/C37H40O4/c1-37(32-21-29-20-30(23-32)24-33(37)22-29)41-35(38)25-40-36(39)34(19-16-27-10-6-3-7-11-27)31-17-14-28(15-18-31)13-12-26-8-4-2-5-9-26/h2-11,14-19,29-30,32-34H,12-13,20-25H2,1H3/b19-16+. The van der Waals surface area contributed by atoms with Gasteiger partial charge in [0.2, 0.25) is 0 Å². The number of benzene rings is 3. The van der Waals surface area contributed by atoms with Crippen LogP contribution in [-0.2, 0) is 31.9 Å². The highest BCUT2D eigenvalue weighted by atomic mass is 16.6. The summed E-state index contributed by atoms with van der Waals surface area (Å²) in [6.45, 7) is 1.76. The zero-order valence-corrected chi connectivity index (χ0v) is 23.9. The molecule has 4 fully saturated rings. The molecule has 4 aliphatic carbocycles. The third-order valence-corrected chi connectivity index (χ3v) is 9.84. The van der Waals surface area contributed by atoms with Crippen LogP contribution in [0.25, 0.3) is 6.08 Å². The van der Waals surface area contributed by atoms with Crippen LogP contribution in [0, 0.1) is 23.7 Å². The van der Waals surface area contributed by atoms with E-state index in [-0.39, 0.29) is 6.61 Å². The van der Waals surface area contributed by atoms with Crippen LogP contribution in [0.2, 0.25) is 0 Å². The molecule has 4 heteroatoms. The van der Waals surface area contributed by atoms with Crippen LogP contribution in [0.15, 0.2) is 91.0 Å². The van der Waals surface area contributed by atoms with Crippen LogP contribution in [-0.4, -0.2) is 24.1 Å². The first-order valence-corrected chi connectivity index (χ1v) is 15.2. The molecule has 0 heterocycles. The van der Waals surface area contributed by atoms with E-state index in [1.54, 1.807) is 0 Å². The van der Waals surface area contributed by atoms with Gasteiger partial charge in [-0.15, -0.1) is 0 Å². The van der Waals surface area contributed by atoms with E-state index in [0.717, 1.165) is 61.5 Å². The van der Waals surface area contributed by atoms with Crippen LogP contribution in [0.3, 0.4) is 0 Å². The van der Waals surface area contributed by atoms with Gasteiger partial charge in [-0.2, -0.15) is 0 Å². The number of hydrogen-bond acceptors (Lipinski definition) is 4. The Bertz CT molecular complexity index is 1330. The molecule has 3 aromatic rings. The van der Waals surface area contributed by atoms with Gasteiger partial charge >= 0.3 is 11.9 Å². The molecule has 4 nitrogen and oxygen atoms in total. The van der Waals surface area contributed by atoms with E-state index in [4.69, 9.17) is 9.47 Å². The minimum atomic E-state index is -0.622. The molecule has 1 unspecified atom stereocenters. The van der Waals surface area contributed by atoms with Gasteiger partial charge in [0.05, 0.1) is 0 Å². The summed E-state index contributed by atoms with van der Waals surface area (Å²) in [6, 6.07) is 28.5. The van der Waals surface area contributed by atoms with Crippen molar-refractivity contribution >= 4 is 18.0 Å². The van der Waals surface area contributed by atoms with Gasteiger partial charge in [0.25, 0.3) is 0 Å². The zero-order chi connectivity index (χ0) is 28.2. The first-order chi connectivity index (χ1) is 20.0. The van der Waals surface area contributed by atoms with Crippen molar-refractivity contribution in [3.8, 4) is 0 Å². The molecular formula is C37H40O4. The van der Waals surface area contributed by atoms with Crippen molar-refractivity contribution in [2.45, 2.75) is 63.4 Å². The monoisotopic (exact) mass is 548 g/mol. The van der Waals surface area contributed by atoms with Gasteiger partial charge in [0.15, 0.2) is 6.61 Å².